The highest BCUT2D eigenvalue weighted by Gasteiger charge is 2.82. The van der Waals surface area contributed by atoms with Crippen LogP contribution >= 0.6 is 0 Å². The lowest BCUT2D eigenvalue weighted by Gasteiger charge is -2.37. The maximum atomic E-state index is 13.3. The van der Waals surface area contributed by atoms with Crippen molar-refractivity contribution in [1.82, 2.24) is 0 Å². The van der Waals surface area contributed by atoms with Crippen LogP contribution in [0.1, 0.15) is 0 Å². The second-order valence-corrected chi connectivity index (χ2v) is 7.62. The zero-order chi connectivity index (χ0) is 38.7. The van der Waals surface area contributed by atoms with Gasteiger partial charge in [-0.3, -0.25) is 4.74 Å². The van der Waals surface area contributed by atoms with Gasteiger partial charge in [0.2, 0.25) is 0 Å². The van der Waals surface area contributed by atoms with E-state index < -0.39 is 85.7 Å². The van der Waals surface area contributed by atoms with Crippen LogP contribution in [0.15, 0.2) is 0 Å². The average molecular weight is 780 g/mol. The van der Waals surface area contributed by atoms with Crippen molar-refractivity contribution in [1.29, 1.82) is 0 Å². The van der Waals surface area contributed by atoms with E-state index in [4.69, 9.17) is 5.11 Å². The number of aliphatic hydroxyl groups is 1. The van der Waals surface area contributed by atoms with Gasteiger partial charge in [-0.1, -0.05) is 0 Å². The summed E-state index contributed by atoms with van der Waals surface area (Å²) in [7, 11) is 0. The molecule has 0 amide bonds. The molecule has 0 saturated heterocycles. The lowest BCUT2D eigenvalue weighted by Crippen LogP contribution is -2.63. The number of halogens is 27. The SMILES string of the molecule is OCC(F)(OC(F)(F)C(F)(F)OC(F)(F)C(F)(F)OC(F)(F)C(F)(F)OC(F)(F)C(F)(F)OC(F)(F)C(F)(F)C(F)(F)F)C(F)(F)F. The Kier molecular flexibility index (Phi) is 11.5. The van der Waals surface area contributed by atoms with Gasteiger partial charge >= 0.3 is 79.1 Å². The second-order valence-electron chi connectivity index (χ2n) is 7.62. The van der Waals surface area contributed by atoms with Gasteiger partial charge in [0.1, 0.15) is 6.61 Å². The molecule has 1 atom stereocenters. The molecule has 1 N–H and O–H groups in total. The van der Waals surface area contributed by atoms with E-state index in [1.807, 2.05) is 0 Å². The van der Waals surface area contributed by atoms with Crippen LogP contribution in [0.5, 0.6) is 0 Å². The molecule has 0 heterocycles. The van der Waals surface area contributed by atoms with Gasteiger partial charge in [-0.25, -0.2) is 18.9 Å². The fourth-order valence-corrected chi connectivity index (χ4v) is 1.73. The first kappa shape index (κ1) is 44.9. The third-order valence-electron chi connectivity index (χ3n) is 4.02. The molecule has 0 fully saturated rings. The molecule has 0 aliphatic carbocycles. The van der Waals surface area contributed by atoms with Gasteiger partial charge in [0.05, 0.1) is 0 Å². The molecule has 47 heavy (non-hydrogen) atoms. The Labute approximate surface area is 234 Å². The molecular weight excluding hydrogens is 777 g/mol. The summed E-state index contributed by atoms with van der Waals surface area (Å²) in [6, 6.07) is 0. The van der Waals surface area contributed by atoms with Crippen molar-refractivity contribution in [3.63, 3.8) is 0 Å². The van der Waals surface area contributed by atoms with E-state index in [2.05, 4.69) is 0 Å². The Morgan fingerprint density at radius 3 is 0.638 bits per heavy atom. The summed E-state index contributed by atoms with van der Waals surface area (Å²) in [6.07, 6.45) is -87.6. The van der Waals surface area contributed by atoms with Crippen LogP contribution in [0.3, 0.4) is 0 Å². The lowest BCUT2D eigenvalue weighted by molar-refractivity contribution is -0.591. The number of rotatable bonds is 16. The van der Waals surface area contributed by atoms with Gasteiger partial charge in [-0.2, -0.15) is 119 Å². The first-order valence-electron chi connectivity index (χ1n) is 9.56. The first-order valence-corrected chi connectivity index (χ1v) is 9.56. The van der Waals surface area contributed by atoms with E-state index in [1.54, 1.807) is 4.74 Å². The predicted octanol–water partition coefficient (Wildman–Crippen LogP) is 7.82. The summed E-state index contributed by atoms with van der Waals surface area (Å²) in [4.78, 5) is 0. The quantitative estimate of drug-likeness (QED) is 0.161. The van der Waals surface area contributed by atoms with Crippen molar-refractivity contribution in [2.45, 2.75) is 79.1 Å². The molecule has 0 bridgehead atoms. The van der Waals surface area contributed by atoms with Gasteiger partial charge in [0.15, 0.2) is 0 Å². The number of hydrogen-bond acceptors (Lipinski definition) is 6. The van der Waals surface area contributed by atoms with Gasteiger partial charge in [0, 0.05) is 0 Å². The zero-order valence-electron chi connectivity index (χ0n) is 19.9. The minimum atomic E-state index is -8.27. The lowest BCUT2D eigenvalue weighted by atomic mass is 10.3. The number of ether oxygens (including phenoxy) is 5. The fraction of sp³-hybridized carbons (Fsp3) is 1.00. The molecule has 0 aromatic rings. The highest BCUT2D eigenvalue weighted by molar-refractivity contribution is 4.88. The van der Waals surface area contributed by atoms with Crippen LogP contribution in [-0.4, -0.2) is 90.8 Å². The van der Waals surface area contributed by atoms with Gasteiger partial charge in [0.25, 0.3) is 0 Å². The third kappa shape index (κ3) is 8.73. The van der Waals surface area contributed by atoms with Crippen LogP contribution in [0.25, 0.3) is 0 Å². The van der Waals surface area contributed by atoms with Gasteiger partial charge in [-0.05, 0) is 0 Å². The Bertz CT molecular complexity index is 1080. The molecule has 0 aromatic heterocycles. The molecular formula is C14H3F27O6. The van der Waals surface area contributed by atoms with Crippen LogP contribution in [-0.2, 0) is 23.7 Å². The maximum Gasteiger partial charge on any atom is 0.462 e. The van der Waals surface area contributed by atoms with Crippen LogP contribution in [0, 0.1) is 0 Å². The Morgan fingerprint density at radius 2 is 0.468 bits per heavy atom. The van der Waals surface area contributed by atoms with E-state index in [0.29, 0.717) is 0 Å². The number of aliphatic hydroxyl groups excluding tert-OH is 1. The summed E-state index contributed by atoms with van der Waals surface area (Å²) in [5.41, 5.74) is 0. The molecule has 284 valence electrons. The highest BCUT2D eigenvalue weighted by atomic mass is 19.4. The van der Waals surface area contributed by atoms with Gasteiger partial charge < -0.3 is 5.11 Å². The zero-order valence-corrected chi connectivity index (χ0v) is 19.9. The molecule has 6 nitrogen and oxygen atoms in total. The van der Waals surface area contributed by atoms with Crippen LogP contribution in [0.4, 0.5) is 119 Å². The minimum Gasteiger partial charge on any atom is -0.390 e. The molecule has 0 aliphatic heterocycles. The fourth-order valence-electron chi connectivity index (χ4n) is 1.73. The molecule has 33 heteroatoms. The Hall–Kier alpha value is -2.13. The topological polar surface area (TPSA) is 66.4 Å². The van der Waals surface area contributed by atoms with Crippen molar-refractivity contribution in [3.8, 4) is 0 Å². The number of hydrogen-bond donors (Lipinski definition) is 1. The molecule has 0 saturated carbocycles. The number of alkyl halides is 27. The second kappa shape index (κ2) is 12.0. The largest absolute Gasteiger partial charge is 0.462 e. The summed E-state index contributed by atoms with van der Waals surface area (Å²) >= 11 is 0. The maximum absolute atomic E-state index is 13.3. The van der Waals surface area contributed by atoms with Crippen LogP contribution < -0.4 is 0 Å². The molecule has 0 rings (SSSR count). The van der Waals surface area contributed by atoms with Crippen molar-refractivity contribution in [3.05, 3.63) is 0 Å². The molecule has 0 aliphatic rings. The average Bonchev–Trinajstić information content (AvgIpc) is 2.73. The van der Waals surface area contributed by atoms with E-state index in [-0.39, 0.29) is 0 Å². The van der Waals surface area contributed by atoms with Crippen molar-refractivity contribution in [2.75, 3.05) is 6.61 Å². The predicted molar refractivity (Wildman–Crippen MR) is 77.9 cm³/mol. The summed E-state index contributed by atoms with van der Waals surface area (Å²) < 4.78 is 355. The summed E-state index contributed by atoms with van der Waals surface area (Å²) in [5, 5.41) is 8.05. The standard InChI is InChI=1S/C14H3F27O6/c15-2(1-42,4(18,19)20)43-7(26,27)8(28,29)45-11(34,35)12(36,37)47-14(40,41)13(38,39)46-10(32,33)9(30,31)44-6(24,25)3(16,17)5(21,22)23/h42H,1H2. The van der Waals surface area contributed by atoms with Crippen molar-refractivity contribution >= 4 is 0 Å². The van der Waals surface area contributed by atoms with Crippen molar-refractivity contribution in [2.24, 2.45) is 0 Å². The van der Waals surface area contributed by atoms with E-state index in [1.165, 1.54) is 4.74 Å². The summed E-state index contributed by atoms with van der Waals surface area (Å²) in [5.74, 6) is -14.4. The molecule has 0 radical (unpaired) electrons. The minimum absolute atomic E-state index is 1.05. The molecule has 0 spiro atoms. The molecule has 0 aromatic carbocycles. The van der Waals surface area contributed by atoms with Crippen molar-refractivity contribution < 1.29 is 147 Å². The summed E-state index contributed by atoms with van der Waals surface area (Å²) in [6.45, 7) is -3.46. The van der Waals surface area contributed by atoms with Gasteiger partial charge in [-0.15, -0.1) is 0 Å². The molecule has 1 unspecified atom stereocenters. The third-order valence-corrected chi connectivity index (χ3v) is 4.02. The van der Waals surface area contributed by atoms with E-state index >= 15 is 0 Å². The monoisotopic (exact) mass is 780 g/mol. The normalized spacial score (nSPS) is 17.6. The van der Waals surface area contributed by atoms with E-state index in [0.717, 1.165) is 14.2 Å². The van der Waals surface area contributed by atoms with Crippen LogP contribution in [0.2, 0.25) is 0 Å². The van der Waals surface area contributed by atoms with E-state index in [9.17, 15) is 119 Å². The highest BCUT2D eigenvalue weighted by Crippen LogP contribution is 2.55. The first-order chi connectivity index (χ1) is 19.8. The Balaban J connectivity index is 6.33. The Morgan fingerprint density at radius 1 is 0.277 bits per heavy atom. The smallest absolute Gasteiger partial charge is 0.390 e.